The molecule has 0 radical (unpaired) electrons. The minimum atomic E-state index is -0.309. The minimum absolute atomic E-state index is 0.0245. The van der Waals surface area contributed by atoms with Gasteiger partial charge < -0.3 is 9.80 Å². The van der Waals surface area contributed by atoms with Crippen LogP contribution in [-0.4, -0.2) is 46.0 Å². The Labute approximate surface area is 239 Å². The van der Waals surface area contributed by atoms with Crippen molar-refractivity contribution in [2.24, 2.45) is 13.0 Å². The maximum atomic E-state index is 14.7. The molecule has 1 aromatic carbocycles. The molecule has 0 N–H and O–H groups in total. The molecule has 0 saturated carbocycles. The van der Waals surface area contributed by atoms with Crippen LogP contribution in [0.15, 0.2) is 47.9 Å². The lowest BCUT2D eigenvalue weighted by Crippen LogP contribution is -2.24. The van der Waals surface area contributed by atoms with Crippen molar-refractivity contribution in [3.05, 3.63) is 76.1 Å². The molecule has 2 aromatic rings. The summed E-state index contributed by atoms with van der Waals surface area (Å²) >= 11 is 6.69. The van der Waals surface area contributed by atoms with E-state index in [0.29, 0.717) is 35.2 Å². The predicted molar refractivity (Wildman–Crippen MR) is 161 cm³/mol. The average Bonchev–Trinajstić information content (AvgIpc) is 3.27. The van der Waals surface area contributed by atoms with Gasteiger partial charge in [0.25, 0.3) is 0 Å². The SMILES string of the molecule is C=C(c1ccc(CCC)c(F)c1)N(C1=Cc2cn(C)nc2C(Cl)C1)/C(C)=C(/C=O)C(C)C.CN1CCCCC1. The first-order valence-electron chi connectivity index (χ1n) is 14.1. The second-order valence-corrected chi connectivity index (χ2v) is 11.5. The smallest absolute Gasteiger partial charge is 0.148 e. The standard InChI is InChI=1S/C26H31ClFN3O.C6H13N/c1-7-8-19-9-10-20(12-25(19)28)17(4)31(18(5)23(15-32)16(2)3)22-11-21-14-30(6)29-26(21)24(27)13-22;1-7-5-3-2-4-6-7/h9-12,14-16,24H,4,7-8,13H2,1-3,5-6H3;2-6H2,1H3/b23-18-;. The lowest BCUT2D eigenvalue weighted by molar-refractivity contribution is -0.105. The van der Waals surface area contributed by atoms with E-state index in [1.54, 1.807) is 4.68 Å². The highest BCUT2D eigenvalue weighted by Crippen LogP contribution is 2.41. The van der Waals surface area contributed by atoms with Gasteiger partial charge in [0.1, 0.15) is 12.1 Å². The van der Waals surface area contributed by atoms with Crippen LogP contribution in [0.4, 0.5) is 4.39 Å². The summed E-state index contributed by atoms with van der Waals surface area (Å²) in [6.45, 7) is 14.8. The topological polar surface area (TPSA) is 41.4 Å². The highest BCUT2D eigenvalue weighted by Gasteiger charge is 2.29. The number of piperidine rings is 1. The normalized spacial score (nSPS) is 18.0. The van der Waals surface area contributed by atoms with Gasteiger partial charge in [0.2, 0.25) is 0 Å². The number of carbonyl (C=O) groups is 1. The molecule has 1 unspecified atom stereocenters. The summed E-state index contributed by atoms with van der Waals surface area (Å²) in [5.41, 5.74) is 6.05. The number of carbonyl (C=O) groups excluding carboxylic acids is 1. The Hall–Kier alpha value is -2.70. The van der Waals surface area contributed by atoms with Crippen LogP contribution in [-0.2, 0) is 18.3 Å². The molecule has 1 fully saturated rings. The van der Waals surface area contributed by atoms with Gasteiger partial charge in [-0.15, -0.1) is 11.6 Å². The van der Waals surface area contributed by atoms with Gasteiger partial charge in [-0.05, 0) is 69.9 Å². The van der Waals surface area contributed by atoms with Crippen LogP contribution < -0.4 is 0 Å². The van der Waals surface area contributed by atoms with E-state index in [1.807, 2.05) is 64.0 Å². The van der Waals surface area contributed by atoms with Crippen LogP contribution in [0.5, 0.6) is 0 Å². The highest BCUT2D eigenvalue weighted by atomic mass is 35.5. The fraction of sp³-hybridized carbons (Fsp3) is 0.500. The van der Waals surface area contributed by atoms with Gasteiger partial charge in [-0.2, -0.15) is 5.10 Å². The van der Waals surface area contributed by atoms with Crippen molar-refractivity contribution in [1.29, 1.82) is 0 Å². The first-order chi connectivity index (χ1) is 18.6. The molecule has 1 aliphatic heterocycles. The summed E-state index contributed by atoms with van der Waals surface area (Å²) in [4.78, 5) is 16.3. The zero-order valence-corrected chi connectivity index (χ0v) is 25.2. The number of aryl methyl sites for hydroxylation is 2. The van der Waals surface area contributed by atoms with Gasteiger partial charge in [-0.3, -0.25) is 9.48 Å². The molecular weight excluding hydrogens is 511 g/mol. The second kappa shape index (κ2) is 14.1. The maximum absolute atomic E-state index is 14.7. The van der Waals surface area contributed by atoms with Crippen molar-refractivity contribution in [1.82, 2.24) is 19.6 Å². The number of hydrogen-bond donors (Lipinski definition) is 0. The predicted octanol–water partition coefficient (Wildman–Crippen LogP) is 7.74. The highest BCUT2D eigenvalue weighted by molar-refractivity contribution is 6.21. The van der Waals surface area contributed by atoms with E-state index in [2.05, 4.69) is 23.6 Å². The molecule has 1 aliphatic carbocycles. The van der Waals surface area contributed by atoms with Gasteiger partial charge in [0, 0.05) is 53.5 Å². The molecule has 5 nitrogen and oxygen atoms in total. The van der Waals surface area contributed by atoms with Crippen LogP contribution >= 0.6 is 11.6 Å². The molecule has 7 heteroatoms. The molecule has 1 atom stereocenters. The largest absolute Gasteiger partial charge is 0.318 e. The Morgan fingerprint density at radius 3 is 2.49 bits per heavy atom. The van der Waals surface area contributed by atoms with E-state index >= 15 is 0 Å². The van der Waals surface area contributed by atoms with Crippen LogP contribution in [0.3, 0.4) is 0 Å². The summed E-state index contributed by atoms with van der Waals surface area (Å²) in [7, 11) is 4.06. The fourth-order valence-electron chi connectivity index (χ4n) is 5.29. The second-order valence-electron chi connectivity index (χ2n) is 11.0. The van der Waals surface area contributed by atoms with E-state index in [1.165, 1.54) is 38.4 Å². The van der Waals surface area contributed by atoms with E-state index < -0.39 is 0 Å². The Balaban J connectivity index is 0.000000520. The molecule has 0 spiro atoms. The van der Waals surface area contributed by atoms with E-state index in [0.717, 1.165) is 35.4 Å². The van der Waals surface area contributed by atoms with Crippen molar-refractivity contribution in [3.8, 4) is 0 Å². The molecule has 39 heavy (non-hydrogen) atoms. The zero-order valence-electron chi connectivity index (χ0n) is 24.4. The zero-order chi connectivity index (χ0) is 28.7. The summed E-state index contributed by atoms with van der Waals surface area (Å²) in [6.07, 6.45) is 11.2. The minimum Gasteiger partial charge on any atom is -0.318 e. The third kappa shape index (κ3) is 7.70. The van der Waals surface area contributed by atoms with Crippen molar-refractivity contribution < 1.29 is 9.18 Å². The maximum Gasteiger partial charge on any atom is 0.148 e. The van der Waals surface area contributed by atoms with E-state index in [9.17, 15) is 9.18 Å². The monoisotopic (exact) mass is 554 g/mol. The molecule has 212 valence electrons. The number of aldehydes is 1. The Kier molecular flexibility index (Phi) is 11.1. The van der Waals surface area contributed by atoms with Crippen LogP contribution in [0.2, 0.25) is 0 Å². The third-order valence-electron chi connectivity index (χ3n) is 7.44. The van der Waals surface area contributed by atoms with Crippen LogP contribution in [0, 0.1) is 11.7 Å². The summed E-state index contributed by atoms with van der Waals surface area (Å²) in [6, 6.07) is 5.24. The average molecular weight is 555 g/mol. The number of nitrogens with zero attached hydrogens (tertiary/aromatic N) is 4. The Bertz CT molecular complexity index is 1220. The fourth-order valence-corrected chi connectivity index (χ4v) is 5.62. The van der Waals surface area contributed by atoms with Gasteiger partial charge in [0.15, 0.2) is 0 Å². The Morgan fingerprint density at radius 2 is 1.95 bits per heavy atom. The lowest BCUT2D eigenvalue weighted by Gasteiger charge is -2.34. The van der Waals surface area contributed by atoms with Gasteiger partial charge >= 0.3 is 0 Å². The van der Waals surface area contributed by atoms with Crippen molar-refractivity contribution in [2.45, 2.75) is 71.6 Å². The van der Waals surface area contributed by atoms with E-state index in [4.69, 9.17) is 11.6 Å². The number of hydrogen-bond acceptors (Lipinski definition) is 4. The number of aromatic nitrogens is 2. The molecule has 2 heterocycles. The number of benzene rings is 1. The van der Waals surface area contributed by atoms with Gasteiger partial charge in [-0.1, -0.05) is 52.3 Å². The van der Waals surface area contributed by atoms with Crippen LogP contribution in [0.25, 0.3) is 11.8 Å². The molecule has 2 aliphatic rings. The van der Waals surface area contributed by atoms with Gasteiger partial charge in [0.05, 0.1) is 11.1 Å². The Morgan fingerprint density at radius 1 is 1.26 bits per heavy atom. The third-order valence-corrected chi connectivity index (χ3v) is 7.80. The number of allylic oxidation sites excluding steroid dienone is 3. The summed E-state index contributed by atoms with van der Waals surface area (Å²) in [5, 5.41) is 4.16. The molecule has 0 bridgehead atoms. The van der Waals surface area contributed by atoms with Gasteiger partial charge in [-0.25, -0.2) is 4.39 Å². The number of fused-ring (bicyclic) bond motifs is 1. The van der Waals surface area contributed by atoms with Crippen molar-refractivity contribution in [2.75, 3.05) is 20.1 Å². The first kappa shape index (κ1) is 30.8. The van der Waals surface area contributed by atoms with Crippen molar-refractivity contribution in [3.63, 3.8) is 0 Å². The number of likely N-dealkylation sites (tertiary alicyclic amines) is 1. The molecular formula is C32H44ClFN4O. The molecule has 0 amide bonds. The number of halogens is 2. The molecule has 4 rings (SSSR count). The number of rotatable bonds is 8. The summed E-state index contributed by atoms with van der Waals surface area (Å²) in [5.74, 6) is -0.217. The number of alkyl halides is 1. The van der Waals surface area contributed by atoms with Crippen molar-refractivity contribution >= 4 is 29.7 Å². The lowest BCUT2D eigenvalue weighted by atomic mass is 9.96. The molecule has 1 saturated heterocycles. The van der Waals surface area contributed by atoms with Crippen LogP contribution in [0.1, 0.15) is 87.6 Å². The molecule has 1 aromatic heterocycles. The van der Waals surface area contributed by atoms with E-state index in [-0.39, 0.29) is 17.1 Å². The summed E-state index contributed by atoms with van der Waals surface area (Å²) < 4.78 is 16.5. The first-order valence-corrected chi connectivity index (χ1v) is 14.5. The quantitative estimate of drug-likeness (QED) is 0.190.